The predicted molar refractivity (Wildman–Crippen MR) is 123 cm³/mol. The van der Waals surface area contributed by atoms with Crippen LogP contribution in [0.5, 0.6) is 0 Å². The maximum Gasteiger partial charge on any atom is 0.276 e. The SMILES string of the molecule is O=C1CCC(N2Cc3ccc(-n4cc(C(=O)N5CCC6(CCCC6)CC5)nn4)cc3C2=O)C(=O)N1. The lowest BCUT2D eigenvalue weighted by atomic mass is 9.77. The van der Waals surface area contributed by atoms with Crippen LogP contribution in [0.4, 0.5) is 0 Å². The molecule has 10 nitrogen and oxygen atoms in total. The summed E-state index contributed by atoms with van der Waals surface area (Å²) in [6, 6.07) is 4.73. The standard InChI is InChI=1S/C25H28N6O4/c32-21-6-5-20(22(33)26-21)30-14-16-3-4-17(13-18(16)23(30)34)31-15-19(27-28-31)24(35)29-11-9-25(10-12-29)7-1-2-8-25/h3-4,13,15,20H,1-2,5-12,14H2,(H,26,32,33). The van der Waals surface area contributed by atoms with Crippen LogP contribution >= 0.6 is 0 Å². The predicted octanol–water partition coefficient (Wildman–Crippen LogP) is 1.82. The van der Waals surface area contributed by atoms with Gasteiger partial charge in [-0.05, 0) is 55.2 Å². The summed E-state index contributed by atoms with van der Waals surface area (Å²) in [4.78, 5) is 53.3. The first kappa shape index (κ1) is 21.9. The third kappa shape index (κ3) is 3.81. The molecule has 10 heteroatoms. The van der Waals surface area contributed by atoms with Crippen LogP contribution < -0.4 is 5.32 Å². The fourth-order valence-corrected chi connectivity index (χ4v) is 6.14. The second-order valence-corrected chi connectivity index (χ2v) is 10.3. The van der Waals surface area contributed by atoms with Gasteiger partial charge in [0, 0.05) is 31.6 Å². The highest BCUT2D eigenvalue weighted by Gasteiger charge is 2.40. The van der Waals surface area contributed by atoms with E-state index in [2.05, 4.69) is 15.6 Å². The number of carbonyl (C=O) groups excluding carboxylic acids is 4. The van der Waals surface area contributed by atoms with Crippen LogP contribution in [0, 0.1) is 5.41 Å². The van der Waals surface area contributed by atoms with Crippen molar-refractivity contribution in [2.75, 3.05) is 13.1 Å². The zero-order valence-electron chi connectivity index (χ0n) is 19.5. The lowest BCUT2D eigenvalue weighted by molar-refractivity contribution is -0.136. The molecule has 182 valence electrons. The summed E-state index contributed by atoms with van der Waals surface area (Å²) < 4.78 is 1.51. The van der Waals surface area contributed by atoms with Crippen molar-refractivity contribution < 1.29 is 19.2 Å². The summed E-state index contributed by atoms with van der Waals surface area (Å²) >= 11 is 0. The molecular weight excluding hydrogens is 448 g/mol. The van der Waals surface area contributed by atoms with E-state index in [1.807, 2.05) is 17.0 Å². The molecule has 1 aromatic carbocycles. The fraction of sp³-hybridized carbons (Fsp3) is 0.520. The van der Waals surface area contributed by atoms with E-state index in [0.717, 1.165) is 31.5 Å². The second kappa shape index (κ2) is 8.28. The number of amides is 4. The van der Waals surface area contributed by atoms with Gasteiger partial charge >= 0.3 is 0 Å². The Kier molecular flexibility index (Phi) is 5.19. The molecule has 1 unspecified atom stereocenters. The molecule has 0 radical (unpaired) electrons. The number of imide groups is 1. The van der Waals surface area contributed by atoms with Crippen LogP contribution in [0.1, 0.15) is 77.8 Å². The van der Waals surface area contributed by atoms with Crippen molar-refractivity contribution in [2.24, 2.45) is 5.41 Å². The molecule has 2 saturated heterocycles. The minimum atomic E-state index is -0.653. The number of piperidine rings is 2. The van der Waals surface area contributed by atoms with Gasteiger partial charge in [0.15, 0.2) is 5.69 Å². The van der Waals surface area contributed by atoms with Crippen molar-refractivity contribution in [3.05, 3.63) is 41.2 Å². The molecule has 1 saturated carbocycles. The van der Waals surface area contributed by atoms with Crippen molar-refractivity contribution >= 4 is 23.6 Å². The van der Waals surface area contributed by atoms with Crippen molar-refractivity contribution in [3.8, 4) is 5.69 Å². The topological polar surface area (TPSA) is 118 Å². The van der Waals surface area contributed by atoms with Gasteiger partial charge in [0.1, 0.15) is 6.04 Å². The normalized spacial score (nSPS) is 23.7. The Morgan fingerprint density at radius 2 is 1.83 bits per heavy atom. The van der Waals surface area contributed by atoms with Crippen molar-refractivity contribution in [1.29, 1.82) is 0 Å². The van der Waals surface area contributed by atoms with Gasteiger partial charge in [-0.15, -0.1) is 5.10 Å². The second-order valence-electron chi connectivity index (χ2n) is 10.3. The number of aromatic nitrogens is 3. The maximum atomic E-state index is 13.1. The molecular formula is C25H28N6O4. The average molecular weight is 477 g/mol. The summed E-state index contributed by atoms with van der Waals surface area (Å²) in [5.74, 6) is -1.09. The number of hydrogen-bond donors (Lipinski definition) is 1. The number of fused-ring (bicyclic) bond motifs is 1. The minimum absolute atomic E-state index is 0.106. The Balaban J connectivity index is 1.16. The van der Waals surface area contributed by atoms with E-state index in [0.29, 0.717) is 35.3 Å². The van der Waals surface area contributed by atoms with Crippen LogP contribution in [-0.4, -0.2) is 67.6 Å². The summed E-state index contributed by atoms with van der Waals surface area (Å²) in [5.41, 5.74) is 2.66. The van der Waals surface area contributed by atoms with E-state index in [1.165, 1.54) is 35.3 Å². The lowest BCUT2D eigenvalue weighted by Crippen LogP contribution is -2.52. The van der Waals surface area contributed by atoms with Gasteiger partial charge in [0.25, 0.3) is 11.8 Å². The molecule has 4 aliphatic rings. The summed E-state index contributed by atoms with van der Waals surface area (Å²) in [6.45, 7) is 1.84. The first-order valence-corrected chi connectivity index (χ1v) is 12.4. The molecule has 1 atom stereocenters. The molecule has 6 rings (SSSR count). The van der Waals surface area contributed by atoms with Gasteiger partial charge < -0.3 is 9.80 Å². The van der Waals surface area contributed by atoms with Gasteiger partial charge in [-0.2, -0.15) is 0 Å². The lowest BCUT2D eigenvalue weighted by Gasteiger charge is -2.39. The van der Waals surface area contributed by atoms with Gasteiger partial charge in [0.05, 0.1) is 11.9 Å². The van der Waals surface area contributed by atoms with E-state index in [-0.39, 0.29) is 24.1 Å². The Morgan fingerprint density at radius 3 is 2.57 bits per heavy atom. The Bertz CT molecular complexity index is 1220. The molecule has 3 fully saturated rings. The van der Waals surface area contributed by atoms with Crippen LogP contribution in [0.2, 0.25) is 0 Å². The third-order valence-corrected chi connectivity index (χ3v) is 8.26. The number of rotatable bonds is 3. The summed E-state index contributed by atoms with van der Waals surface area (Å²) in [5, 5.41) is 10.6. The zero-order chi connectivity index (χ0) is 24.2. The van der Waals surface area contributed by atoms with Crippen LogP contribution in [0.15, 0.2) is 24.4 Å². The van der Waals surface area contributed by atoms with E-state index < -0.39 is 11.9 Å². The zero-order valence-corrected chi connectivity index (χ0v) is 19.5. The van der Waals surface area contributed by atoms with Crippen molar-refractivity contribution in [1.82, 2.24) is 30.1 Å². The Labute approximate surface area is 202 Å². The molecule has 35 heavy (non-hydrogen) atoms. The maximum absolute atomic E-state index is 13.1. The molecule has 4 heterocycles. The van der Waals surface area contributed by atoms with Crippen molar-refractivity contribution in [2.45, 2.75) is 64.0 Å². The molecule has 4 amide bonds. The smallest absolute Gasteiger partial charge is 0.276 e. The Hall–Kier alpha value is -3.56. The Morgan fingerprint density at radius 1 is 1.06 bits per heavy atom. The number of benzene rings is 1. The molecule has 1 spiro atoms. The van der Waals surface area contributed by atoms with E-state index in [1.54, 1.807) is 12.3 Å². The van der Waals surface area contributed by atoms with Crippen LogP contribution in [0.25, 0.3) is 5.69 Å². The van der Waals surface area contributed by atoms with Gasteiger partial charge in [-0.3, -0.25) is 24.5 Å². The molecule has 1 N–H and O–H groups in total. The summed E-state index contributed by atoms with van der Waals surface area (Å²) in [6.07, 6.45) is 9.44. The van der Waals surface area contributed by atoms with Crippen LogP contribution in [0.3, 0.4) is 0 Å². The van der Waals surface area contributed by atoms with Gasteiger partial charge in [0.2, 0.25) is 11.8 Å². The largest absolute Gasteiger partial charge is 0.337 e. The quantitative estimate of drug-likeness (QED) is 0.676. The van der Waals surface area contributed by atoms with Gasteiger partial charge in [-0.1, -0.05) is 24.1 Å². The average Bonchev–Trinajstić information content (AvgIpc) is 3.59. The van der Waals surface area contributed by atoms with Gasteiger partial charge in [-0.25, -0.2) is 4.68 Å². The molecule has 0 bridgehead atoms. The van der Waals surface area contributed by atoms with E-state index in [9.17, 15) is 19.2 Å². The highest BCUT2D eigenvalue weighted by Crippen LogP contribution is 2.46. The first-order valence-electron chi connectivity index (χ1n) is 12.4. The minimum Gasteiger partial charge on any atom is -0.337 e. The third-order valence-electron chi connectivity index (χ3n) is 8.26. The molecule has 2 aromatic rings. The number of carbonyl (C=O) groups is 4. The number of likely N-dealkylation sites (tertiary alicyclic amines) is 1. The van der Waals surface area contributed by atoms with Crippen molar-refractivity contribution in [3.63, 3.8) is 0 Å². The highest BCUT2D eigenvalue weighted by atomic mass is 16.2. The van der Waals surface area contributed by atoms with E-state index >= 15 is 0 Å². The molecule has 1 aliphatic carbocycles. The number of hydrogen-bond acceptors (Lipinski definition) is 6. The summed E-state index contributed by atoms with van der Waals surface area (Å²) in [7, 11) is 0. The monoisotopic (exact) mass is 476 g/mol. The number of nitrogens with one attached hydrogen (secondary N) is 1. The van der Waals surface area contributed by atoms with Crippen LogP contribution in [-0.2, 0) is 16.1 Å². The number of nitrogens with zero attached hydrogens (tertiary/aromatic N) is 5. The molecule has 1 aromatic heterocycles. The highest BCUT2D eigenvalue weighted by molar-refractivity contribution is 6.05. The van der Waals surface area contributed by atoms with E-state index in [4.69, 9.17) is 0 Å². The fourth-order valence-electron chi connectivity index (χ4n) is 6.14. The molecule has 3 aliphatic heterocycles. The first-order chi connectivity index (χ1) is 16.9.